The maximum Gasteiger partial charge on any atom is 0.263 e. The predicted octanol–water partition coefficient (Wildman–Crippen LogP) is 3.40. The third-order valence-corrected chi connectivity index (χ3v) is 4.35. The number of oxazole rings is 1. The molecule has 3 rings (SSSR count). The number of hydrogen-bond donors (Lipinski definition) is 1. The Bertz CT molecular complexity index is 854. The minimum absolute atomic E-state index is 0.00589. The van der Waals surface area contributed by atoms with Gasteiger partial charge in [-0.1, -0.05) is 11.6 Å². The summed E-state index contributed by atoms with van der Waals surface area (Å²) < 4.78 is 28.1. The van der Waals surface area contributed by atoms with Crippen LogP contribution in [0.5, 0.6) is 0 Å². The second kappa shape index (κ2) is 4.26. The van der Waals surface area contributed by atoms with Gasteiger partial charge in [0.1, 0.15) is 11.2 Å². The molecule has 5 nitrogen and oxygen atoms in total. The molecule has 19 heavy (non-hydrogen) atoms. The van der Waals surface area contributed by atoms with E-state index in [0.29, 0.717) is 27.4 Å². The van der Waals surface area contributed by atoms with Crippen LogP contribution in [0.25, 0.3) is 22.4 Å². The summed E-state index contributed by atoms with van der Waals surface area (Å²) >= 11 is 6.12. The average Bonchev–Trinajstić information content (AvgIpc) is 2.94. The SMILES string of the molecule is O=S(=O)(Cl)c1c[nH]c2c(-c3ncco3)c(Cl)ccc12. The molecule has 0 saturated heterocycles. The van der Waals surface area contributed by atoms with Crippen LogP contribution in [0.2, 0.25) is 5.02 Å². The molecule has 1 aromatic carbocycles. The molecule has 0 spiro atoms. The molecule has 0 amide bonds. The molecule has 1 N–H and O–H groups in total. The molecular formula is C11H6Cl2N2O3S. The smallest absolute Gasteiger partial charge is 0.263 e. The summed E-state index contributed by atoms with van der Waals surface area (Å²) in [7, 11) is 1.54. The topological polar surface area (TPSA) is 76.0 Å². The lowest BCUT2D eigenvalue weighted by atomic mass is 10.1. The van der Waals surface area contributed by atoms with Gasteiger partial charge in [-0.25, -0.2) is 13.4 Å². The van der Waals surface area contributed by atoms with Crippen molar-refractivity contribution in [1.82, 2.24) is 9.97 Å². The second-order valence-electron chi connectivity index (χ2n) is 3.77. The van der Waals surface area contributed by atoms with Gasteiger partial charge in [0.2, 0.25) is 5.89 Å². The molecule has 8 heteroatoms. The number of benzene rings is 1. The number of aromatic amines is 1. The zero-order valence-corrected chi connectivity index (χ0v) is 11.6. The van der Waals surface area contributed by atoms with Crippen LogP contribution in [-0.2, 0) is 9.05 Å². The lowest BCUT2D eigenvalue weighted by Crippen LogP contribution is -1.88. The molecule has 0 radical (unpaired) electrons. The highest BCUT2D eigenvalue weighted by atomic mass is 35.7. The fourth-order valence-electron chi connectivity index (χ4n) is 1.91. The maximum absolute atomic E-state index is 11.5. The summed E-state index contributed by atoms with van der Waals surface area (Å²) in [6.07, 6.45) is 4.20. The normalized spacial score (nSPS) is 12.1. The summed E-state index contributed by atoms with van der Waals surface area (Å²) in [5, 5.41) is 0.836. The monoisotopic (exact) mass is 316 g/mol. The van der Waals surface area contributed by atoms with Crippen LogP contribution in [-0.4, -0.2) is 18.4 Å². The zero-order valence-electron chi connectivity index (χ0n) is 9.22. The molecule has 0 fully saturated rings. The Labute approximate surface area is 117 Å². The first kappa shape index (κ1) is 12.5. The van der Waals surface area contributed by atoms with Crippen LogP contribution in [0, 0.1) is 0 Å². The first-order valence-electron chi connectivity index (χ1n) is 5.12. The lowest BCUT2D eigenvalue weighted by Gasteiger charge is -2.02. The number of aromatic nitrogens is 2. The van der Waals surface area contributed by atoms with Crippen molar-refractivity contribution in [3.63, 3.8) is 0 Å². The number of hydrogen-bond acceptors (Lipinski definition) is 4. The van der Waals surface area contributed by atoms with Crippen LogP contribution in [0.1, 0.15) is 0 Å². The number of rotatable bonds is 2. The van der Waals surface area contributed by atoms with Crippen LogP contribution in [0.4, 0.5) is 0 Å². The van der Waals surface area contributed by atoms with Crippen molar-refractivity contribution >= 4 is 42.2 Å². The van der Waals surface area contributed by atoms with E-state index in [4.69, 9.17) is 26.7 Å². The van der Waals surface area contributed by atoms with Crippen molar-refractivity contribution < 1.29 is 12.8 Å². The van der Waals surface area contributed by atoms with E-state index in [1.807, 2.05) is 0 Å². The van der Waals surface area contributed by atoms with Crippen LogP contribution >= 0.6 is 22.3 Å². The van der Waals surface area contributed by atoms with Gasteiger partial charge in [-0.15, -0.1) is 0 Å². The zero-order chi connectivity index (χ0) is 13.6. The Morgan fingerprint density at radius 1 is 1.32 bits per heavy atom. The van der Waals surface area contributed by atoms with Gasteiger partial charge in [-0.2, -0.15) is 0 Å². The number of fused-ring (bicyclic) bond motifs is 1. The molecule has 0 atom stereocenters. The van der Waals surface area contributed by atoms with Crippen molar-refractivity contribution in [2.75, 3.05) is 0 Å². The van der Waals surface area contributed by atoms with E-state index in [2.05, 4.69) is 9.97 Å². The van der Waals surface area contributed by atoms with E-state index >= 15 is 0 Å². The molecular weight excluding hydrogens is 311 g/mol. The van der Waals surface area contributed by atoms with E-state index in [0.717, 1.165) is 0 Å². The number of nitrogens with zero attached hydrogens (tertiary/aromatic N) is 1. The lowest BCUT2D eigenvalue weighted by molar-refractivity contribution is 0.575. The third kappa shape index (κ3) is 2.01. The number of H-pyrrole nitrogens is 1. The van der Waals surface area contributed by atoms with Crippen molar-refractivity contribution in [2.45, 2.75) is 4.90 Å². The molecule has 0 aliphatic carbocycles. The quantitative estimate of drug-likeness (QED) is 0.735. The van der Waals surface area contributed by atoms with E-state index < -0.39 is 9.05 Å². The van der Waals surface area contributed by atoms with Gasteiger partial charge >= 0.3 is 0 Å². The first-order chi connectivity index (χ1) is 8.98. The third-order valence-electron chi connectivity index (χ3n) is 2.68. The summed E-state index contributed by atoms with van der Waals surface area (Å²) in [6.45, 7) is 0. The number of nitrogens with one attached hydrogen (secondary N) is 1. The Morgan fingerprint density at radius 3 is 2.74 bits per heavy atom. The molecule has 98 valence electrons. The minimum Gasteiger partial charge on any atom is -0.444 e. The molecule has 0 bridgehead atoms. The molecule has 0 aliphatic rings. The van der Waals surface area contributed by atoms with Crippen molar-refractivity contribution in [3.8, 4) is 11.5 Å². The summed E-state index contributed by atoms with van der Waals surface area (Å²) in [4.78, 5) is 6.85. The maximum atomic E-state index is 11.5. The van der Waals surface area contributed by atoms with E-state index in [1.165, 1.54) is 18.7 Å². The van der Waals surface area contributed by atoms with Crippen molar-refractivity contribution in [1.29, 1.82) is 0 Å². The molecule has 0 saturated carbocycles. The van der Waals surface area contributed by atoms with Crippen molar-refractivity contribution in [3.05, 3.63) is 35.8 Å². The largest absolute Gasteiger partial charge is 0.444 e. The van der Waals surface area contributed by atoms with Gasteiger partial charge in [0.05, 0.1) is 22.3 Å². The van der Waals surface area contributed by atoms with Gasteiger partial charge in [0.15, 0.2) is 0 Å². The highest BCUT2D eigenvalue weighted by molar-refractivity contribution is 8.14. The Hall–Kier alpha value is -1.50. The van der Waals surface area contributed by atoms with Gasteiger partial charge in [0, 0.05) is 22.3 Å². The average molecular weight is 317 g/mol. The van der Waals surface area contributed by atoms with Gasteiger partial charge in [-0.3, -0.25) is 0 Å². The Balaban J connectivity index is 2.41. The molecule has 0 aliphatic heterocycles. The molecule has 3 aromatic rings. The standard InChI is InChI=1S/C11H6Cl2N2O3S/c12-7-2-1-6-8(19(13,16)17)5-15-10(6)9(7)11-14-3-4-18-11/h1-5,15H. The summed E-state index contributed by atoms with van der Waals surface area (Å²) in [6, 6.07) is 3.15. The predicted molar refractivity (Wildman–Crippen MR) is 71.8 cm³/mol. The van der Waals surface area contributed by atoms with Crippen LogP contribution in [0.3, 0.4) is 0 Å². The van der Waals surface area contributed by atoms with Gasteiger partial charge in [0.25, 0.3) is 9.05 Å². The Morgan fingerprint density at radius 2 is 2.11 bits per heavy atom. The minimum atomic E-state index is -3.84. The van der Waals surface area contributed by atoms with Crippen LogP contribution in [0.15, 0.2) is 40.1 Å². The summed E-state index contributed by atoms with van der Waals surface area (Å²) in [5.41, 5.74) is 1.00. The second-order valence-corrected chi connectivity index (χ2v) is 6.71. The highest BCUT2D eigenvalue weighted by Crippen LogP contribution is 2.36. The summed E-state index contributed by atoms with van der Waals surface area (Å²) in [5.74, 6) is 0.302. The van der Waals surface area contributed by atoms with E-state index in [-0.39, 0.29) is 4.90 Å². The first-order valence-corrected chi connectivity index (χ1v) is 7.81. The molecule has 0 unspecified atom stereocenters. The van der Waals surface area contributed by atoms with Crippen LogP contribution < -0.4 is 0 Å². The van der Waals surface area contributed by atoms with E-state index in [9.17, 15) is 8.42 Å². The van der Waals surface area contributed by atoms with Gasteiger partial charge in [-0.05, 0) is 12.1 Å². The van der Waals surface area contributed by atoms with E-state index in [1.54, 1.807) is 12.1 Å². The highest BCUT2D eigenvalue weighted by Gasteiger charge is 2.21. The Kier molecular flexibility index (Phi) is 2.81. The molecule has 2 aromatic heterocycles. The van der Waals surface area contributed by atoms with Crippen molar-refractivity contribution in [2.24, 2.45) is 0 Å². The van der Waals surface area contributed by atoms with Gasteiger partial charge < -0.3 is 9.40 Å². The molecule has 2 heterocycles. The fourth-order valence-corrected chi connectivity index (χ4v) is 3.16. The number of halogens is 2. The fraction of sp³-hybridized carbons (Fsp3) is 0.